The van der Waals surface area contributed by atoms with E-state index in [1.807, 2.05) is 0 Å². The van der Waals surface area contributed by atoms with Crippen LogP contribution in [0.15, 0.2) is 29.3 Å². The largest absolute Gasteiger partial charge is 0.507 e. The van der Waals surface area contributed by atoms with Gasteiger partial charge in [-0.2, -0.15) is 0 Å². The molecule has 0 saturated heterocycles. The number of phenols is 1. The van der Waals surface area contributed by atoms with E-state index in [0.29, 0.717) is 5.56 Å². The molecular weight excluding hydrogens is 342 g/mol. The van der Waals surface area contributed by atoms with Gasteiger partial charge in [-0.05, 0) is 12.1 Å². The van der Waals surface area contributed by atoms with Crippen molar-refractivity contribution in [3.05, 3.63) is 29.8 Å². The molecular formula is C18H23NO7. The van der Waals surface area contributed by atoms with E-state index >= 15 is 0 Å². The third kappa shape index (κ3) is 7.78. The Morgan fingerprint density at radius 2 is 1.54 bits per heavy atom. The van der Waals surface area contributed by atoms with Crippen LogP contribution in [-0.4, -0.2) is 54.6 Å². The predicted octanol–water partition coefficient (Wildman–Crippen LogP) is 1.63. The molecule has 1 rings (SSSR count). The van der Waals surface area contributed by atoms with E-state index in [0.717, 1.165) is 0 Å². The molecule has 0 unspecified atom stereocenters. The fourth-order valence-corrected chi connectivity index (χ4v) is 1.98. The van der Waals surface area contributed by atoms with Gasteiger partial charge in [-0.3, -0.25) is 19.4 Å². The van der Waals surface area contributed by atoms with Crippen LogP contribution < -0.4 is 0 Å². The second-order valence-electron chi connectivity index (χ2n) is 5.69. The van der Waals surface area contributed by atoms with Crippen molar-refractivity contribution in [2.45, 2.75) is 32.7 Å². The zero-order valence-corrected chi connectivity index (χ0v) is 15.1. The maximum atomic E-state index is 11.2. The van der Waals surface area contributed by atoms with Crippen molar-refractivity contribution in [3.8, 4) is 5.75 Å². The van der Waals surface area contributed by atoms with Gasteiger partial charge in [0.1, 0.15) is 24.5 Å². The van der Waals surface area contributed by atoms with Crippen LogP contribution in [0.1, 0.15) is 32.8 Å². The quantitative estimate of drug-likeness (QED) is 0.402. The molecule has 0 bridgehead atoms. The Bertz CT molecular complexity index is 651. The minimum Gasteiger partial charge on any atom is -0.507 e. The van der Waals surface area contributed by atoms with Crippen LogP contribution in [-0.2, 0) is 28.6 Å². The molecule has 0 amide bonds. The molecule has 0 fully saturated rings. The van der Waals surface area contributed by atoms with Gasteiger partial charge in [0.2, 0.25) is 0 Å². The van der Waals surface area contributed by atoms with Gasteiger partial charge in [0.15, 0.2) is 0 Å². The van der Waals surface area contributed by atoms with Gasteiger partial charge in [0.25, 0.3) is 0 Å². The van der Waals surface area contributed by atoms with Crippen LogP contribution in [0, 0.1) is 0 Å². The van der Waals surface area contributed by atoms with E-state index in [-0.39, 0.29) is 32.0 Å². The standard InChI is InChI=1S/C18H23NO7/c1-13(20)24-9-8-18(11-25-14(2)21,12-26-15(3)22)19-10-16-6-4-5-7-17(16)23/h4-7,10,23H,8-9,11-12H2,1-3H3/b19-10+. The lowest BCUT2D eigenvalue weighted by Gasteiger charge is -2.28. The number of ether oxygens (including phenoxy) is 3. The zero-order valence-electron chi connectivity index (χ0n) is 15.1. The van der Waals surface area contributed by atoms with Gasteiger partial charge >= 0.3 is 17.9 Å². The second-order valence-corrected chi connectivity index (χ2v) is 5.69. The number of hydrogen-bond acceptors (Lipinski definition) is 8. The number of esters is 3. The summed E-state index contributed by atoms with van der Waals surface area (Å²) >= 11 is 0. The maximum Gasteiger partial charge on any atom is 0.302 e. The van der Waals surface area contributed by atoms with Crippen LogP contribution in [0.3, 0.4) is 0 Å². The summed E-state index contributed by atoms with van der Waals surface area (Å²) in [6.45, 7) is 3.40. The Morgan fingerprint density at radius 3 is 2.04 bits per heavy atom. The minimum absolute atomic E-state index is 0.00399. The molecule has 0 aliphatic carbocycles. The van der Waals surface area contributed by atoms with E-state index in [1.165, 1.54) is 33.1 Å². The molecule has 1 N–H and O–H groups in total. The number of aromatic hydroxyl groups is 1. The van der Waals surface area contributed by atoms with Gasteiger partial charge in [-0.1, -0.05) is 12.1 Å². The van der Waals surface area contributed by atoms with E-state index < -0.39 is 23.4 Å². The summed E-state index contributed by atoms with van der Waals surface area (Å²) in [6.07, 6.45) is 1.55. The molecule has 0 aliphatic heterocycles. The lowest BCUT2D eigenvalue weighted by atomic mass is 9.98. The lowest BCUT2D eigenvalue weighted by molar-refractivity contribution is -0.150. The second kappa shape index (κ2) is 10.2. The summed E-state index contributed by atoms with van der Waals surface area (Å²) in [7, 11) is 0. The predicted molar refractivity (Wildman–Crippen MR) is 92.9 cm³/mol. The molecule has 0 saturated carbocycles. The molecule has 0 aromatic heterocycles. The van der Waals surface area contributed by atoms with Gasteiger partial charge in [-0.15, -0.1) is 0 Å². The molecule has 8 nitrogen and oxygen atoms in total. The third-order valence-electron chi connectivity index (χ3n) is 3.38. The Balaban J connectivity index is 3.10. The molecule has 1 aromatic carbocycles. The van der Waals surface area contributed by atoms with Crippen molar-refractivity contribution >= 4 is 24.1 Å². The van der Waals surface area contributed by atoms with Crippen LogP contribution in [0.4, 0.5) is 0 Å². The van der Waals surface area contributed by atoms with Crippen molar-refractivity contribution in [3.63, 3.8) is 0 Å². The molecule has 0 heterocycles. The first-order chi connectivity index (χ1) is 12.2. The van der Waals surface area contributed by atoms with E-state index in [1.54, 1.807) is 18.2 Å². The highest BCUT2D eigenvalue weighted by molar-refractivity contribution is 5.83. The van der Waals surface area contributed by atoms with Crippen molar-refractivity contribution in [1.29, 1.82) is 0 Å². The monoisotopic (exact) mass is 365 g/mol. The van der Waals surface area contributed by atoms with Crippen molar-refractivity contribution in [1.82, 2.24) is 0 Å². The Morgan fingerprint density at radius 1 is 1.00 bits per heavy atom. The average Bonchev–Trinajstić information content (AvgIpc) is 2.56. The van der Waals surface area contributed by atoms with E-state index in [4.69, 9.17) is 14.2 Å². The van der Waals surface area contributed by atoms with Crippen LogP contribution in [0.2, 0.25) is 0 Å². The number of hydrogen-bond donors (Lipinski definition) is 1. The number of rotatable bonds is 9. The average molecular weight is 365 g/mol. The molecule has 0 aliphatic rings. The summed E-state index contributed by atoms with van der Waals surface area (Å²) < 4.78 is 15.1. The number of carbonyl (C=O) groups is 3. The summed E-state index contributed by atoms with van der Waals surface area (Å²) in [5, 5.41) is 9.86. The highest BCUT2D eigenvalue weighted by Gasteiger charge is 2.33. The summed E-state index contributed by atoms with van der Waals surface area (Å²) in [6, 6.07) is 6.53. The molecule has 0 atom stereocenters. The number of phenolic OH excluding ortho intramolecular Hbond substituents is 1. The Hall–Kier alpha value is -2.90. The summed E-state index contributed by atoms with van der Waals surface area (Å²) in [5.41, 5.74) is -0.718. The van der Waals surface area contributed by atoms with Crippen LogP contribution in [0.25, 0.3) is 0 Å². The van der Waals surface area contributed by atoms with Gasteiger partial charge < -0.3 is 19.3 Å². The summed E-state index contributed by atoms with van der Waals surface area (Å²) in [4.78, 5) is 37.9. The number of carbonyl (C=O) groups excluding carboxylic acids is 3. The molecule has 0 spiro atoms. The topological polar surface area (TPSA) is 111 Å². The first-order valence-corrected chi connectivity index (χ1v) is 7.97. The first-order valence-electron chi connectivity index (χ1n) is 7.97. The van der Waals surface area contributed by atoms with Gasteiger partial charge in [-0.25, -0.2) is 0 Å². The van der Waals surface area contributed by atoms with Crippen molar-refractivity contribution in [2.75, 3.05) is 19.8 Å². The fraction of sp³-hybridized carbons (Fsp3) is 0.444. The molecule has 8 heteroatoms. The number of para-hydroxylation sites is 1. The Labute approximate surface area is 151 Å². The highest BCUT2D eigenvalue weighted by Crippen LogP contribution is 2.21. The highest BCUT2D eigenvalue weighted by atomic mass is 16.6. The van der Waals surface area contributed by atoms with Crippen LogP contribution in [0.5, 0.6) is 5.75 Å². The fourth-order valence-electron chi connectivity index (χ4n) is 1.98. The van der Waals surface area contributed by atoms with Crippen molar-refractivity contribution in [2.24, 2.45) is 4.99 Å². The minimum atomic E-state index is -1.16. The summed E-state index contributed by atoms with van der Waals surface area (Å²) in [5.74, 6) is -1.50. The number of nitrogens with zero attached hydrogens (tertiary/aromatic N) is 1. The van der Waals surface area contributed by atoms with Crippen LogP contribution >= 0.6 is 0 Å². The number of aliphatic imine (C=N–C) groups is 1. The number of benzene rings is 1. The SMILES string of the molecule is CC(=O)OCCC(COC(C)=O)(COC(C)=O)/N=C/c1ccccc1O. The Kier molecular flexibility index (Phi) is 8.27. The molecule has 26 heavy (non-hydrogen) atoms. The van der Waals surface area contributed by atoms with E-state index in [2.05, 4.69) is 4.99 Å². The molecule has 142 valence electrons. The third-order valence-corrected chi connectivity index (χ3v) is 3.38. The molecule has 0 radical (unpaired) electrons. The molecule has 1 aromatic rings. The first kappa shape index (κ1) is 21.1. The maximum absolute atomic E-state index is 11.2. The smallest absolute Gasteiger partial charge is 0.302 e. The van der Waals surface area contributed by atoms with Crippen molar-refractivity contribution < 1.29 is 33.7 Å². The lowest BCUT2D eigenvalue weighted by Crippen LogP contribution is -2.41. The van der Waals surface area contributed by atoms with E-state index in [9.17, 15) is 19.5 Å². The van der Waals surface area contributed by atoms with Gasteiger partial charge in [0, 0.05) is 39.0 Å². The van der Waals surface area contributed by atoms with Gasteiger partial charge in [0.05, 0.1) is 6.61 Å². The normalized spacial score (nSPS) is 11.2. The zero-order chi connectivity index (χ0) is 19.6.